The maximum absolute atomic E-state index is 6.16. The Bertz CT molecular complexity index is 909. The van der Waals surface area contributed by atoms with E-state index in [0.29, 0.717) is 12.0 Å². The van der Waals surface area contributed by atoms with E-state index in [1.165, 1.54) is 34.5 Å². The van der Waals surface area contributed by atoms with Crippen molar-refractivity contribution in [2.24, 2.45) is 17.1 Å². The average molecular weight is 354 g/mol. The summed E-state index contributed by atoms with van der Waals surface area (Å²) in [6, 6.07) is 8.60. The summed E-state index contributed by atoms with van der Waals surface area (Å²) in [4.78, 5) is 7.60. The molecule has 0 saturated carbocycles. The van der Waals surface area contributed by atoms with Gasteiger partial charge in [-0.25, -0.2) is 4.98 Å². The predicted octanol–water partition coefficient (Wildman–Crippen LogP) is 4.98. The number of fused-ring (bicyclic) bond motifs is 3. The summed E-state index contributed by atoms with van der Waals surface area (Å²) in [5.74, 6) is 0.751. The third kappa shape index (κ3) is 2.81. The predicted molar refractivity (Wildman–Crippen MR) is 106 cm³/mol. The molecule has 0 saturated heterocycles. The highest BCUT2D eigenvalue weighted by Gasteiger charge is 2.32. The lowest BCUT2D eigenvalue weighted by atomic mass is 9.73. The number of benzene rings is 1. The van der Waals surface area contributed by atoms with E-state index in [0.717, 1.165) is 28.7 Å². The van der Waals surface area contributed by atoms with Gasteiger partial charge in [0, 0.05) is 22.7 Å². The van der Waals surface area contributed by atoms with Crippen LogP contribution in [0.2, 0.25) is 0 Å². The maximum atomic E-state index is 6.16. The summed E-state index contributed by atoms with van der Waals surface area (Å²) in [6.45, 7) is 9.73. The second-order valence-corrected chi connectivity index (χ2v) is 9.43. The Labute approximate surface area is 153 Å². The Morgan fingerprint density at radius 3 is 2.60 bits per heavy atom. The van der Waals surface area contributed by atoms with Crippen molar-refractivity contribution in [3.8, 4) is 11.3 Å². The van der Waals surface area contributed by atoms with Gasteiger partial charge in [-0.3, -0.25) is 4.40 Å². The smallest absolute Gasteiger partial charge is 0.194 e. The lowest BCUT2D eigenvalue weighted by molar-refractivity contribution is 0.216. The Kier molecular flexibility index (Phi) is 4.00. The number of nitrogens with two attached hydrogens (primary N) is 1. The van der Waals surface area contributed by atoms with Crippen LogP contribution < -0.4 is 5.73 Å². The molecule has 0 radical (unpaired) electrons. The maximum Gasteiger partial charge on any atom is 0.194 e. The molecule has 0 spiro atoms. The van der Waals surface area contributed by atoms with E-state index in [9.17, 15) is 0 Å². The molecular weight excluding hydrogens is 326 g/mol. The lowest BCUT2D eigenvalue weighted by Gasteiger charge is -2.33. The van der Waals surface area contributed by atoms with Gasteiger partial charge >= 0.3 is 0 Å². The number of hydrogen-bond acceptors (Lipinski definition) is 3. The largest absolute Gasteiger partial charge is 0.325 e. The Balaban J connectivity index is 1.81. The van der Waals surface area contributed by atoms with Crippen LogP contribution in [0, 0.1) is 18.3 Å². The molecule has 1 aromatic carbocycles. The van der Waals surface area contributed by atoms with Crippen molar-refractivity contribution < 1.29 is 0 Å². The molecule has 2 aromatic heterocycles. The van der Waals surface area contributed by atoms with Gasteiger partial charge in [-0.1, -0.05) is 50.6 Å². The van der Waals surface area contributed by atoms with Crippen molar-refractivity contribution in [2.75, 3.05) is 0 Å². The highest BCUT2D eigenvalue weighted by molar-refractivity contribution is 7.17. The highest BCUT2D eigenvalue weighted by atomic mass is 32.1. The van der Waals surface area contributed by atoms with Crippen LogP contribution in [-0.2, 0) is 19.4 Å². The van der Waals surface area contributed by atoms with E-state index < -0.39 is 0 Å². The monoisotopic (exact) mass is 353 g/mol. The fourth-order valence-electron chi connectivity index (χ4n) is 3.99. The fourth-order valence-corrected chi connectivity index (χ4v) is 5.25. The van der Waals surface area contributed by atoms with Gasteiger partial charge in [0.1, 0.15) is 0 Å². The molecule has 0 amide bonds. The van der Waals surface area contributed by atoms with Gasteiger partial charge in [-0.05, 0) is 37.5 Å². The first-order valence-electron chi connectivity index (χ1n) is 9.17. The van der Waals surface area contributed by atoms with Crippen LogP contribution in [-0.4, -0.2) is 9.38 Å². The summed E-state index contributed by atoms with van der Waals surface area (Å²) < 4.78 is 2.36. The summed E-state index contributed by atoms with van der Waals surface area (Å²) in [7, 11) is 0. The topological polar surface area (TPSA) is 43.3 Å². The van der Waals surface area contributed by atoms with Crippen LogP contribution in [0.15, 0.2) is 24.3 Å². The number of rotatable bonds is 2. The van der Waals surface area contributed by atoms with Gasteiger partial charge in [0.05, 0.1) is 11.4 Å². The van der Waals surface area contributed by atoms with Gasteiger partial charge in [-0.15, -0.1) is 11.3 Å². The lowest BCUT2D eigenvalue weighted by Crippen LogP contribution is -2.26. The molecule has 0 fully saturated rings. The normalized spacial score (nSPS) is 17.9. The molecule has 25 heavy (non-hydrogen) atoms. The number of thiazole rings is 1. The third-order valence-electron chi connectivity index (χ3n) is 5.65. The van der Waals surface area contributed by atoms with Crippen LogP contribution in [0.5, 0.6) is 0 Å². The standard InChI is InChI=1S/C21H27N3S/c1-13-5-7-14(8-6-13)19-17(12-22)24-16-10-9-15(21(2,3)4)11-18(16)25-20(24)23-19/h5-8,15H,9-12,22H2,1-4H3. The Morgan fingerprint density at radius 1 is 1.24 bits per heavy atom. The summed E-state index contributed by atoms with van der Waals surface area (Å²) in [5.41, 5.74) is 12.6. The summed E-state index contributed by atoms with van der Waals surface area (Å²) in [5, 5.41) is 0. The number of hydrogen-bond donors (Lipinski definition) is 1. The van der Waals surface area contributed by atoms with Crippen LogP contribution in [0.25, 0.3) is 16.2 Å². The molecule has 2 N–H and O–H groups in total. The third-order valence-corrected chi connectivity index (χ3v) is 6.76. The van der Waals surface area contributed by atoms with E-state index in [4.69, 9.17) is 10.7 Å². The molecule has 4 heteroatoms. The van der Waals surface area contributed by atoms with Gasteiger partial charge in [0.15, 0.2) is 4.96 Å². The van der Waals surface area contributed by atoms with Gasteiger partial charge < -0.3 is 5.73 Å². The van der Waals surface area contributed by atoms with E-state index in [2.05, 4.69) is 56.4 Å². The zero-order chi connectivity index (χ0) is 17.8. The molecule has 0 bridgehead atoms. The fraction of sp³-hybridized carbons (Fsp3) is 0.476. The molecule has 4 rings (SSSR count). The highest BCUT2D eigenvalue weighted by Crippen LogP contribution is 2.41. The first kappa shape index (κ1) is 16.8. The Morgan fingerprint density at radius 2 is 1.96 bits per heavy atom. The first-order chi connectivity index (χ1) is 11.9. The van der Waals surface area contributed by atoms with Crippen LogP contribution >= 0.6 is 11.3 Å². The zero-order valence-electron chi connectivity index (χ0n) is 15.6. The first-order valence-corrected chi connectivity index (χ1v) is 9.99. The molecule has 1 unspecified atom stereocenters. The number of aromatic nitrogens is 2. The molecule has 1 aliphatic rings. The van der Waals surface area contributed by atoms with E-state index in [1.807, 2.05) is 11.3 Å². The van der Waals surface area contributed by atoms with E-state index in [-0.39, 0.29) is 0 Å². The van der Waals surface area contributed by atoms with Gasteiger partial charge in [0.25, 0.3) is 0 Å². The zero-order valence-corrected chi connectivity index (χ0v) is 16.4. The quantitative estimate of drug-likeness (QED) is 0.706. The number of imidazole rings is 1. The minimum absolute atomic E-state index is 0.369. The van der Waals surface area contributed by atoms with E-state index >= 15 is 0 Å². The van der Waals surface area contributed by atoms with Crippen molar-refractivity contribution in [3.05, 3.63) is 46.1 Å². The molecule has 3 aromatic rings. The number of aryl methyl sites for hydroxylation is 2. The Hall–Kier alpha value is -1.65. The van der Waals surface area contributed by atoms with Crippen molar-refractivity contribution in [2.45, 2.75) is 53.5 Å². The van der Waals surface area contributed by atoms with Gasteiger partial charge in [0.2, 0.25) is 0 Å². The number of nitrogens with zero attached hydrogens (tertiary/aromatic N) is 2. The molecule has 2 heterocycles. The molecule has 132 valence electrons. The van der Waals surface area contributed by atoms with Crippen LogP contribution in [0.4, 0.5) is 0 Å². The summed E-state index contributed by atoms with van der Waals surface area (Å²) >= 11 is 1.86. The van der Waals surface area contributed by atoms with Crippen LogP contribution in [0.3, 0.4) is 0 Å². The van der Waals surface area contributed by atoms with Gasteiger partial charge in [-0.2, -0.15) is 0 Å². The SMILES string of the molecule is Cc1ccc(-c2nc3sc4c(n3c2CN)CCC(C(C)(C)C)C4)cc1. The van der Waals surface area contributed by atoms with Crippen molar-refractivity contribution >= 4 is 16.3 Å². The second-order valence-electron chi connectivity index (χ2n) is 8.37. The molecule has 1 atom stereocenters. The molecule has 3 nitrogen and oxygen atoms in total. The minimum atomic E-state index is 0.369. The van der Waals surface area contributed by atoms with Crippen LogP contribution in [0.1, 0.15) is 49.0 Å². The summed E-state index contributed by atoms with van der Waals surface area (Å²) in [6.07, 6.45) is 3.56. The van der Waals surface area contributed by atoms with Crippen molar-refractivity contribution in [3.63, 3.8) is 0 Å². The average Bonchev–Trinajstić information content (AvgIpc) is 3.09. The molecular formula is C21H27N3S. The minimum Gasteiger partial charge on any atom is -0.325 e. The second kappa shape index (κ2) is 5.96. The van der Waals surface area contributed by atoms with E-state index in [1.54, 1.807) is 0 Å². The van der Waals surface area contributed by atoms with Crippen molar-refractivity contribution in [1.82, 2.24) is 9.38 Å². The molecule has 1 aliphatic carbocycles. The molecule has 0 aliphatic heterocycles. The van der Waals surface area contributed by atoms with Crippen molar-refractivity contribution in [1.29, 1.82) is 0 Å².